The Morgan fingerprint density at radius 2 is 1.56 bits per heavy atom. The average Bonchev–Trinajstić information content (AvgIpc) is 2.68. The molecule has 0 aromatic heterocycles. The number of benzene rings is 2. The van der Waals surface area contributed by atoms with Gasteiger partial charge in [-0.3, -0.25) is 4.90 Å². The molecule has 0 spiro atoms. The highest BCUT2D eigenvalue weighted by molar-refractivity contribution is 7.89. The lowest BCUT2D eigenvalue weighted by molar-refractivity contribution is 0.115. The summed E-state index contributed by atoms with van der Waals surface area (Å²) in [7, 11) is -3.41. The number of nitrogens with one attached hydrogen (secondary N) is 1. The molecule has 0 bridgehead atoms. The van der Waals surface area contributed by atoms with Crippen LogP contribution in [0.4, 0.5) is 0 Å². The fourth-order valence-corrected chi connectivity index (χ4v) is 5.42. The Morgan fingerprint density at radius 1 is 0.880 bits per heavy atom. The smallest absolute Gasteiger partial charge is 0.243 e. The van der Waals surface area contributed by atoms with Crippen LogP contribution in [0.5, 0.6) is 0 Å². The molecule has 2 aliphatic heterocycles. The summed E-state index contributed by atoms with van der Waals surface area (Å²) in [6.45, 7) is 4.97. The van der Waals surface area contributed by atoms with E-state index in [1.165, 1.54) is 0 Å². The highest BCUT2D eigenvalue weighted by atomic mass is 32.2. The van der Waals surface area contributed by atoms with Crippen LogP contribution in [0.1, 0.15) is 12.8 Å². The summed E-state index contributed by atoms with van der Waals surface area (Å²) < 4.78 is 27.7. The van der Waals surface area contributed by atoms with E-state index in [1.807, 2.05) is 30.3 Å². The van der Waals surface area contributed by atoms with E-state index >= 15 is 0 Å². The van der Waals surface area contributed by atoms with E-state index < -0.39 is 10.0 Å². The number of piperazine rings is 1. The quantitative estimate of drug-likeness (QED) is 0.909. The first-order valence-electron chi connectivity index (χ1n) is 9.08. The zero-order valence-electron chi connectivity index (χ0n) is 14.4. The summed E-state index contributed by atoms with van der Waals surface area (Å²) >= 11 is 0. The van der Waals surface area contributed by atoms with Crippen LogP contribution in [0.3, 0.4) is 0 Å². The Labute approximate surface area is 149 Å². The Morgan fingerprint density at radius 3 is 2.28 bits per heavy atom. The minimum atomic E-state index is -3.41. The van der Waals surface area contributed by atoms with Crippen molar-refractivity contribution in [3.63, 3.8) is 0 Å². The predicted molar refractivity (Wildman–Crippen MR) is 100 cm³/mol. The lowest BCUT2D eigenvalue weighted by Gasteiger charge is -2.40. The lowest BCUT2D eigenvalue weighted by atomic mass is 10.0. The summed E-state index contributed by atoms with van der Waals surface area (Å²) in [6, 6.07) is 13.9. The molecule has 134 valence electrons. The molecular weight excluding hydrogens is 334 g/mol. The van der Waals surface area contributed by atoms with Crippen LogP contribution in [0.2, 0.25) is 0 Å². The highest BCUT2D eigenvalue weighted by Gasteiger charge is 2.31. The molecule has 0 unspecified atom stereocenters. The third-order valence-corrected chi connectivity index (χ3v) is 7.35. The van der Waals surface area contributed by atoms with Crippen LogP contribution < -0.4 is 5.32 Å². The number of nitrogens with zero attached hydrogens (tertiary/aromatic N) is 2. The standard InChI is InChI=1S/C19H25N3O2S/c23-25(24,19-6-5-16-3-1-2-4-17(16)15-19)22-13-11-21(12-14-22)18-7-9-20-10-8-18/h1-6,15,18,20H,7-14H2. The molecule has 6 heteroatoms. The molecule has 1 N–H and O–H groups in total. The van der Waals surface area contributed by atoms with E-state index in [1.54, 1.807) is 16.4 Å². The van der Waals surface area contributed by atoms with Crippen molar-refractivity contribution >= 4 is 20.8 Å². The number of fused-ring (bicyclic) bond motifs is 1. The van der Waals surface area contributed by atoms with Gasteiger partial charge in [-0.05, 0) is 48.8 Å². The predicted octanol–water partition coefficient (Wildman–Crippen LogP) is 1.90. The Balaban J connectivity index is 1.48. The van der Waals surface area contributed by atoms with Crippen molar-refractivity contribution in [3.05, 3.63) is 42.5 Å². The lowest BCUT2D eigenvalue weighted by Crippen LogP contribution is -2.53. The van der Waals surface area contributed by atoms with Gasteiger partial charge in [-0.1, -0.05) is 30.3 Å². The van der Waals surface area contributed by atoms with Crippen LogP contribution in [0.25, 0.3) is 10.8 Å². The number of hydrogen-bond acceptors (Lipinski definition) is 4. The van der Waals surface area contributed by atoms with Crippen molar-refractivity contribution in [2.45, 2.75) is 23.8 Å². The van der Waals surface area contributed by atoms with Gasteiger partial charge in [0.05, 0.1) is 4.90 Å². The normalized spacial score (nSPS) is 21.6. The molecule has 2 heterocycles. The molecule has 5 nitrogen and oxygen atoms in total. The first kappa shape index (κ1) is 17.0. The maximum absolute atomic E-state index is 13.0. The van der Waals surface area contributed by atoms with Gasteiger partial charge < -0.3 is 5.32 Å². The molecule has 2 saturated heterocycles. The fourth-order valence-electron chi connectivity index (χ4n) is 3.96. The van der Waals surface area contributed by atoms with Gasteiger partial charge in [-0.25, -0.2) is 8.42 Å². The summed E-state index contributed by atoms with van der Waals surface area (Å²) in [5, 5.41) is 5.43. The van der Waals surface area contributed by atoms with Gasteiger partial charge in [0.2, 0.25) is 10.0 Å². The van der Waals surface area contributed by atoms with E-state index in [4.69, 9.17) is 0 Å². The molecule has 0 radical (unpaired) electrons. The van der Waals surface area contributed by atoms with Gasteiger partial charge in [0.15, 0.2) is 0 Å². The van der Waals surface area contributed by atoms with Gasteiger partial charge in [0.25, 0.3) is 0 Å². The topological polar surface area (TPSA) is 52.7 Å². The second kappa shape index (κ2) is 7.03. The average molecular weight is 359 g/mol. The minimum absolute atomic E-state index is 0.404. The molecule has 2 aliphatic rings. The first-order valence-corrected chi connectivity index (χ1v) is 10.5. The van der Waals surface area contributed by atoms with Gasteiger partial charge >= 0.3 is 0 Å². The molecule has 2 aromatic rings. The van der Waals surface area contributed by atoms with Crippen LogP contribution in [0.15, 0.2) is 47.4 Å². The largest absolute Gasteiger partial charge is 0.317 e. The molecule has 0 aliphatic carbocycles. The molecule has 2 fully saturated rings. The Kier molecular flexibility index (Phi) is 4.78. The molecular formula is C19H25N3O2S. The highest BCUT2D eigenvalue weighted by Crippen LogP contribution is 2.24. The van der Waals surface area contributed by atoms with Crippen LogP contribution in [-0.4, -0.2) is 62.9 Å². The van der Waals surface area contributed by atoms with E-state index in [0.717, 1.165) is 49.8 Å². The number of sulfonamides is 1. The SMILES string of the molecule is O=S(=O)(c1ccc2ccccc2c1)N1CCN(C2CCNCC2)CC1. The van der Waals surface area contributed by atoms with E-state index in [-0.39, 0.29) is 0 Å². The summed E-state index contributed by atoms with van der Waals surface area (Å²) in [5.74, 6) is 0. The van der Waals surface area contributed by atoms with Gasteiger partial charge in [-0.2, -0.15) is 4.31 Å². The van der Waals surface area contributed by atoms with Crippen LogP contribution in [0, 0.1) is 0 Å². The Bertz CT molecular complexity index is 839. The molecule has 0 atom stereocenters. The summed E-state index contributed by atoms with van der Waals surface area (Å²) in [6.07, 6.45) is 2.33. The molecule has 2 aromatic carbocycles. The Hall–Kier alpha value is -1.47. The van der Waals surface area contributed by atoms with Crippen molar-refractivity contribution in [1.82, 2.24) is 14.5 Å². The second-order valence-corrected chi connectivity index (χ2v) is 8.87. The van der Waals surface area contributed by atoms with E-state index in [2.05, 4.69) is 10.2 Å². The minimum Gasteiger partial charge on any atom is -0.317 e. The monoisotopic (exact) mass is 359 g/mol. The zero-order valence-corrected chi connectivity index (χ0v) is 15.2. The summed E-state index contributed by atoms with van der Waals surface area (Å²) in [4.78, 5) is 2.87. The third-order valence-electron chi connectivity index (χ3n) is 5.46. The third kappa shape index (κ3) is 3.44. The number of hydrogen-bond donors (Lipinski definition) is 1. The van der Waals surface area contributed by atoms with Gasteiger partial charge in [0.1, 0.15) is 0 Å². The number of piperidine rings is 1. The second-order valence-electron chi connectivity index (χ2n) is 6.93. The van der Waals surface area contributed by atoms with Crippen molar-refractivity contribution in [3.8, 4) is 0 Å². The molecule has 0 saturated carbocycles. The maximum atomic E-state index is 13.0. The van der Waals surface area contributed by atoms with Gasteiger partial charge in [0, 0.05) is 32.2 Å². The van der Waals surface area contributed by atoms with Crippen molar-refractivity contribution in [2.24, 2.45) is 0 Å². The number of rotatable bonds is 3. The van der Waals surface area contributed by atoms with E-state index in [9.17, 15) is 8.42 Å². The van der Waals surface area contributed by atoms with Gasteiger partial charge in [-0.15, -0.1) is 0 Å². The van der Waals surface area contributed by atoms with E-state index in [0.29, 0.717) is 24.0 Å². The fraction of sp³-hybridized carbons (Fsp3) is 0.474. The maximum Gasteiger partial charge on any atom is 0.243 e. The van der Waals surface area contributed by atoms with Crippen molar-refractivity contribution in [1.29, 1.82) is 0 Å². The van der Waals surface area contributed by atoms with Crippen LogP contribution >= 0.6 is 0 Å². The zero-order chi connectivity index (χ0) is 17.3. The molecule has 25 heavy (non-hydrogen) atoms. The van der Waals surface area contributed by atoms with Crippen LogP contribution in [-0.2, 0) is 10.0 Å². The summed E-state index contributed by atoms with van der Waals surface area (Å²) in [5.41, 5.74) is 0. The first-order chi connectivity index (χ1) is 12.1. The van der Waals surface area contributed by atoms with Crippen molar-refractivity contribution in [2.75, 3.05) is 39.3 Å². The molecule has 4 rings (SSSR count). The molecule has 0 amide bonds. The van der Waals surface area contributed by atoms with Crippen molar-refractivity contribution < 1.29 is 8.42 Å².